The van der Waals surface area contributed by atoms with E-state index in [2.05, 4.69) is 31.2 Å². The molecule has 18 heavy (non-hydrogen) atoms. The summed E-state index contributed by atoms with van der Waals surface area (Å²) < 4.78 is 1.78. The molecular formula is C14H27N3O. The molecular weight excluding hydrogens is 226 g/mol. The van der Waals surface area contributed by atoms with Gasteiger partial charge in [-0.3, -0.25) is 4.68 Å². The number of aromatic nitrogens is 2. The van der Waals surface area contributed by atoms with Gasteiger partial charge in [0.15, 0.2) is 0 Å². The quantitative estimate of drug-likeness (QED) is 0.709. The predicted molar refractivity (Wildman–Crippen MR) is 74.3 cm³/mol. The molecule has 0 bridgehead atoms. The number of aliphatic hydroxyl groups is 1. The van der Waals surface area contributed by atoms with Crippen molar-refractivity contribution in [2.45, 2.75) is 59.2 Å². The first-order chi connectivity index (χ1) is 8.61. The molecule has 1 rings (SSSR count). The Morgan fingerprint density at radius 2 is 2.11 bits per heavy atom. The molecule has 1 aromatic rings. The molecule has 0 aromatic carbocycles. The average molecular weight is 253 g/mol. The second-order valence-corrected chi connectivity index (χ2v) is 5.44. The van der Waals surface area contributed by atoms with Crippen molar-refractivity contribution in [3.8, 4) is 0 Å². The lowest BCUT2D eigenvalue weighted by Gasteiger charge is -2.13. The fourth-order valence-corrected chi connectivity index (χ4v) is 1.95. The van der Waals surface area contributed by atoms with Crippen LogP contribution < -0.4 is 5.32 Å². The van der Waals surface area contributed by atoms with Gasteiger partial charge in [0.05, 0.1) is 19.3 Å². The highest BCUT2D eigenvalue weighted by atomic mass is 16.3. The third-order valence-electron chi connectivity index (χ3n) is 3.09. The summed E-state index contributed by atoms with van der Waals surface area (Å²) in [6, 6.07) is 0.546. The monoisotopic (exact) mass is 253 g/mol. The lowest BCUT2D eigenvalue weighted by Crippen LogP contribution is -2.25. The van der Waals surface area contributed by atoms with Crippen LogP contribution in [0.2, 0.25) is 0 Å². The molecule has 4 heteroatoms. The second kappa shape index (κ2) is 8.27. The highest BCUT2D eigenvalue weighted by molar-refractivity contribution is 5.03. The molecule has 0 aliphatic rings. The average Bonchev–Trinajstić information content (AvgIpc) is 2.74. The van der Waals surface area contributed by atoms with Gasteiger partial charge in [-0.05, 0) is 19.3 Å². The lowest BCUT2D eigenvalue weighted by atomic mass is 10.0. The van der Waals surface area contributed by atoms with Crippen LogP contribution in [-0.4, -0.2) is 27.5 Å². The van der Waals surface area contributed by atoms with Crippen LogP contribution in [-0.2, 0) is 13.1 Å². The molecule has 0 amide bonds. The summed E-state index contributed by atoms with van der Waals surface area (Å²) >= 11 is 0. The molecule has 4 nitrogen and oxygen atoms in total. The van der Waals surface area contributed by atoms with Gasteiger partial charge in [0.1, 0.15) is 0 Å². The molecule has 1 atom stereocenters. The summed E-state index contributed by atoms with van der Waals surface area (Å²) in [5.74, 6) is 0.800. The van der Waals surface area contributed by atoms with Crippen LogP contribution in [0.3, 0.4) is 0 Å². The summed E-state index contributed by atoms with van der Waals surface area (Å²) in [4.78, 5) is 0. The smallest absolute Gasteiger partial charge is 0.0640 e. The zero-order valence-electron chi connectivity index (χ0n) is 11.9. The fourth-order valence-electron chi connectivity index (χ4n) is 1.95. The molecule has 0 spiro atoms. The summed E-state index contributed by atoms with van der Waals surface area (Å²) in [6.07, 6.45) is 7.67. The first-order valence-corrected chi connectivity index (χ1v) is 6.97. The summed E-state index contributed by atoms with van der Waals surface area (Å²) in [5.41, 5.74) is 1.18. The zero-order valence-corrected chi connectivity index (χ0v) is 11.9. The molecule has 1 heterocycles. The zero-order chi connectivity index (χ0) is 13.4. The fraction of sp³-hybridized carbons (Fsp3) is 0.786. The van der Waals surface area contributed by atoms with E-state index in [1.165, 1.54) is 24.8 Å². The number of rotatable bonds is 9. The number of nitrogens with zero attached hydrogens (tertiary/aromatic N) is 2. The predicted octanol–water partition coefficient (Wildman–Crippen LogP) is 2.18. The Kier molecular flexibility index (Phi) is 6.98. The second-order valence-electron chi connectivity index (χ2n) is 5.44. The first-order valence-electron chi connectivity index (χ1n) is 6.97. The number of aliphatic hydroxyl groups excluding tert-OH is 1. The van der Waals surface area contributed by atoms with Crippen molar-refractivity contribution >= 4 is 0 Å². The number of hydrogen-bond acceptors (Lipinski definition) is 3. The van der Waals surface area contributed by atoms with Crippen LogP contribution in [0, 0.1) is 5.92 Å². The molecule has 0 radical (unpaired) electrons. The molecule has 0 aliphatic carbocycles. The Bertz CT molecular complexity index is 323. The van der Waals surface area contributed by atoms with Gasteiger partial charge in [-0.25, -0.2) is 0 Å². The molecule has 0 saturated carbocycles. The van der Waals surface area contributed by atoms with Gasteiger partial charge in [0.2, 0.25) is 0 Å². The number of hydrogen-bond donors (Lipinski definition) is 2. The Morgan fingerprint density at radius 1 is 1.33 bits per heavy atom. The summed E-state index contributed by atoms with van der Waals surface area (Å²) in [5, 5.41) is 16.5. The van der Waals surface area contributed by atoms with Gasteiger partial charge >= 0.3 is 0 Å². The first kappa shape index (κ1) is 15.2. The maximum absolute atomic E-state index is 8.81. The van der Waals surface area contributed by atoms with Gasteiger partial charge in [-0.15, -0.1) is 0 Å². The van der Waals surface area contributed by atoms with Crippen molar-refractivity contribution in [3.05, 3.63) is 18.0 Å². The SMILES string of the molecule is CC(C)CCCC(C)NCc1cnn(CCO)c1. The van der Waals surface area contributed by atoms with Crippen molar-refractivity contribution in [2.24, 2.45) is 5.92 Å². The Morgan fingerprint density at radius 3 is 2.78 bits per heavy atom. The van der Waals surface area contributed by atoms with Crippen LogP contribution in [0.5, 0.6) is 0 Å². The van der Waals surface area contributed by atoms with Crippen LogP contribution in [0.15, 0.2) is 12.4 Å². The van der Waals surface area contributed by atoms with Crippen molar-refractivity contribution in [3.63, 3.8) is 0 Å². The lowest BCUT2D eigenvalue weighted by molar-refractivity contribution is 0.269. The van der Waals surface area contributed by atoms with Crippen LogP contribution in [0.1, 0.15) is 45.6 Å². The topological polar surface area (TPSA) is 50.1 Å². The molecule has 2 N–H and O–H groups in total. The van der Waals surface area contributed by atoms with Gasteiger partial charge in [-0.2, -0.15) is 5.10 Å². The highest BCUT2D eigenvalue weighted by Gasteiger charge is 2.04. The van der Waals surface area contributed by atoms with Crippen LogP contribution in [0.25, 0.3) is 0 Å². The Hall–Kier alpha value is -0.870. The van der Waals surface area contributed by atoms with E-state index in [1.54, 1.807) is 4.68 Å². The van der Waals surface area contributed by atoms with Gasteiger partial charge in [0, 0.05) is 24.3 Å². The molecule has 104 valence electrons. The van der Waals surface area contributed by atoms with Gasteiger partial charge < -0.3 is 10.4 Å². The van der Waals surface area contributed by atoms with E-state index < -0.39 is 0 Å². The highest BCUT2D eigenvalue weighted by Crippen LogP contribution is 2.08. The third kappa shape index (κ3) is 6.17. The number of nitrogens with one attached hydrogen (secondary N) is 1. The van der Waals surface area contributed by atoms with E-state index in [0.29, 0.717) is 12.6 Å². The molecule has 0 fully saturated rings. The third-order valence-corrected chi connectivity index (χ3v) is 3.09. The van der Waals surface area contributed by atoms with E-state index in [-0.39, 0.29) is 6.61 Å². The molecule has 0 aliphatic heterocycles. The Labute approximate surface area is 110 Å². The maximum atomic E-state index is 8.81. The van der Waals surface area contributed by atoms with Crippen molar-refractivity contribution in [1.82, 2.24) is 15.1 Å². The van der Waals surface area contributed by atoms with Crippen molar-refractivity contribution in [1.29, 1.82) is 0 Å². The van der Waals surface area contributed by atoms with Gasteiger partial charge in [-0.1, -0.05) is 26.7 Å². The normalized spacial score (nSPS) is 13.2. The minimum atomic E-state index is 0.139. The van der Waals surface area contributed by atoms with E-state index in [1.807, 2.05) is 12.4 Å². The largest absolute Gasteiger partial charge is 0.394 e. The van der Waals surface area contributed by atoms with E-state index in [0.717, 1.165) is 12.5 Å². The minimum Gasteiger partial charge on any atom is -0.394 e. The van der Waals surface area contributed by atoms with Gasteiger partial charge in [0.25, 0.3) is 0 Å². The minimum absolute atomic E-state index is 0.139. The molecule has 1 unspecified atom stereocenters. The Balaban J connectivity index is 2.18. The standard InChI is InChI=1S/C14H27N3O/c1-12(2)5-4-6-13(3)15-9-14-10-16-17(11-14)7-8-18/h10-13,15,18H,4-9H2,1-3H3. The maximum Gasteiger partial charge on any atom is 0.0640 e. The van der Waals surface area contributed by atoms with Crippen LogP contribution >= 0.6 is 0 Å². The van der Waals surface area contributed by atoms with E-state index >= 15 is 0 Å². The summed E-state index contributed by atoms with van der Waals surface area (Å²) in [7, 11) is 0. The molecule has 1 aromatic heterocycles. The van der Waals surface area contributed by atoms with Crippen molar-refractivity contribution in [2.75, 3.05) is 6.61 Å². The molecule has 0 saturated heterocycles. The van der Waals surface area contributed by atoms with Crippen LogP contribution in [0.4, 0.5) is 0 Å². The summed E-state index contributed by atoms with van der Waals surface area (Å²) in [6.45, 7) is 8.35. The van der Waals surface area contributed by atoms with E-state index in [4.69, 9.17) is 5.11 Å². The van der Waals surface area contributed by atoms with E-state index in [9.17, 15) is 0 Å². The van der Waals surface area contributed by atoms with Crippen molar-refractivity contribution < 1.29 is 5.11 Å².